The van der Waals surface area contributed by atoms with Gasteiger partial charge in [0, 0.05) is 12.2 Å². The van der Waals surface area contributed by atoms with Gasteiger partial charge in [-0.2, -0.15) is 0 Å². The minimum Gasteiger partial charge on any atom is -0.478 e. The van der Waals surface area contributed by atoms with E-state index in [0.717, 1.165) is 44.3 Å². The monoisotopic (exact) mass is 278 g/mol. The zero-order valence-electron chi connectivity index (χ0n) is 11.9. The number of anilines is 1. The normalized spacial score (nSPS) is 19.1. The first kappa shape index (κ1) is 14.8. The summed E-state index contributed by atoms with van der Waals surface area (Å²) in [5.74, 6) is -0.240. The lowest BCUT2D eigenvalue weighted by molar-refractivity contribution is 0.0696. The predicted octanol–water partition coefficient (Wildman–Crippen LogP) is 2.08. The van der Waals surface area contributed by atoms with Gasteiger partial charge >= 0.3 is 5.97 Å². The largest absolute Gasteiger partial charge is 0.478 e. The molecule has 2 rings (SSSR count). The molecule has 0 radical (unpaired) electrons. The highest BCUT2D eigenvalue weighted by Crippen LogP contribution is 2.24. The molecule has 1 aliphatic heterocycles. The molecule has 20 heavy (non-hydrogen) atoms. The van der Waals surface area contributed by atoms with Crippen molar-refractivity contribution in [2.75, 3.05) is 18.1 Å². The van der Waals surface area contributed by atoms with Crippen molar-refractivity contribution in [2.45, 2.75) is 45.1 Å². The van der Waals surface area contributed by atoms with Crippen LogP contribution in [0.3, 0.4) is 0 Å². The van der Waals surface area contributed by atoms with Gasteiger partial charge in [-0.25, -0.2) is 9.78 Å². The Kier molecular flexibility index (Phi) is 4.95. The average molecular weight is 278 g/mol. The summed E-state index contributed by atoms with van der Waals surface area (Å²) >= 11 is 0. The van der Waals surface area contributed by atoms with Crippen LogP contribution >= 0.6 is 0 Å². The Hall–Kier alpha value is -1.62. The number of carboxylic acid groups (broad SMARTS) is 1. The maximum Gasteiger partial charge on any atom is 0.335 e. The Labute approximate surface area is 119 Å². The number of nitrogens with zero attached hydrogens (tertiary/aromatic N) is 2. The molecule has 0 aliphatic carbocycles. The molecule has 0 saturated carbocycles. The SMILES string of the molecule is CCCc1cc(C(=O)O)cc(N2CCCCC2CO)n1. The minimum absolute atomic E-state index is 0.0507. The zero-order chi connectivity index (χ0) is 14.5. The number of aliphatic hydroxyl groups is 1. The molecule has 0 amide bonds. The summed E-state index contributed by atoms with van der Waals surface area (Å²) in [6.07, 6.45) is 4.78. The van der Waals surface area contributed by atoms with E-state index < -0.39 is 5.97 Å². The van der Waals surface area contributed by atoms with Gasteiger partial charge in [0.05, 0.1) is 18.2 Å². The molecule has 110 valence electrons. The third-order valence-corrected chi connectivity index (χ3v) is 3.75. The van der Waals surface area contributed by atoms with Crippen LogP contribution in [0.15, 0.2) is 12.1 Å². The Balaban J connectivity index is 2.35. The Morgan fingerprint density at radius 3 is 2.90 bits per heavy atom. The van der Waals surface area contributed by atoms with E-state index >= 15 is 0 Å². The van der Waals surface area contributed by atoms with Gasteiger partial charge in [0.15, 0.2) is 0 Å². The minimum atomic E-state index is -0.927. The summed E-state index contributed by atoms with van der Waals surface area (Å²) in [7, 11) is 0. The average Bonchev–Trinajstić information content (AvgIpc) is 2.47. The van der Waals surface area contributed by atoms with Crippen LogP contribution in [0, 0.1) is 0 Å². The van der Waals surface area contributed by atoms with Crippen LogP contribution < -0.4 is 4.90 Å². The second kappa shape index (κ2) is 6.70. The molecule has 2 N–H and O–H groups in total. The molecule has 2 heterocycles. The standard InChI is InChI=1S/C15H22N2O3/c1-2-5-12-8-11(15(19)20)9-14(16-12)17-7-4-3-6-13(17)10-18/h8-9,13,18H,2-7,10H2,1H3,(H,19,20). The van der Waals surface area contributed by atoms with Crippen LogP contribution in [0.1, 0.15) is 48.7 Å². The summed E-state index contributed by atoms with van der Waals surface area (Å²) in [4.78, 5) is 17.9. The summed E-state index contributed by atoms with van der Waals surface area (Å²) in [6.45, 7) is 2.96. The molecule has 1 fully saturated rings. The molecular weight excluding hydrogens is 256 g/mol. The molecule has 5 heteroatoms. The highest BCUT2D eigenvalue weighted by Gasteiger charge is 2.24. The number of carboxylic acids is 1. The summed E-state index contributed by atoms with van der Waals surface area (Å²) in [5.41, 5.74) is 1.09. The van der Waals surface area contributed by atoms with E-state index in [2.05, 4.69) is 9.88 Å². The van der Waals surface area contributed by atoms with E-state index in [1.165, 1.54) is 0 Å². The first-order valence-corrected chi connectivity index (χ1v) is 7.27. The molecule has 1 saturated heterocycles. The lowest BCUT2D eigenvalue weighted by Crippen LogP contribution is -2.42. The molecular formula is C15H22N2O3. The molecule has 0 aromatic carbocycles. The summed E-state index contributed by atoms with van der Waals surface area (Å²) < 4.78 is 0. The van der Waals surface area contributed by atoms with Crippen molar-refractivity contribution in [1.82, 2.24) is 4.98 Å². The quantitative estimate of drug-likeness (QED) is 0.862. The highest BCUT2D eigenvalue weighted by molar-refractivity contribution is 5.88. The first-order valence-electron chi connectivity index (χ1n) is 7.27. The fourth-order valence-corrected chi connectivity index (χ4v) is 2.72. The van der Waals surface area contributed by atoms with E-state index in [-0.39, 0.29) is 18.2 Å². The first-order chi connectivity index (χ1) is 9.65. The smallest absolute Gasteiger partial charge is 0.335 e. The topological polar surface area (TPSA) is 73.7 Å². The number of hydrogen-bond donors (Lipinski definition) is 2. The van der Waals surface area contributed by atoms with Gasteiger partial charge in [0.2, 0.25) is 0 Å². The molecule has 1 aromatic heterocycles. The second-order valence-corrected chi connectivity index (χ2v) is 5.29. The van der Waals surface area contributed by atoms with Gasteiger partial charge in [-0.05, 0) is 37.8 Å². The van der Waals surface area contributed by atoms with Crippen molar-refractivity contribution in [2.24, 2.45) is 0 Å². The number of aliphatic hydroxyl groups excluding tert-OH is 1. The number of pyridine rings is 1. The number of aromatic nitrogens is 1. The van der Waals surface area contributed by atoms with Gasteiger partial charge in [-0.1, -0.05) is 13.3 Å². The Morgan fingerprint density at radius 2 is 2.25 bits per heavy atom. The van der Waals surface area contributed by atoms with E-state index in [9.17, 15) is 15.0 Å². The van der Waals surface area contributed by atoms with E-state index in [4.69, 9.17) is 0 Å². The number of rotatable bonds is 5. The van der Waals surface area contributed by atoms with Crippen molar-refractivity contribution in [1.29, 1.82) is 0 Å². The predicted molar refractivity (Wildman–Crippen MR) is 77.3 cm³/mol. The van der Waals surface area contributed by atoms with Crippen molar-refractivity contribution in [3.05, 3.63) is 23.4 Å². The van der Waals surface area contributed by atoms with E-state index in [0.29, 0.717) is 5.82 Å². The molecule has 1 unspecified atom stereocenters. The molecule has 0 spiro atoms. The lowest BCUT2D eigenvalue weighted by atomic mass is 10.0. The van der Waals surface area contributed by atoms with Gasteiger partial charge in [-0.3, -0.25) is 0 Å². The third kappa shape index (κ3) is 3.28. The lowest BCUT2D eigenvalue weighted by Gasteiger charge is -2.35. The molecule has 0 bridgehead atoms. The maximum absolute atomic E-state index is 11.2. The number of piperidine rings is 1. The zero-order valence-corrected chi connectivity index (χ0v) is 11.9. The third-order valence-electron chi connectivity index (χ3n) is 3.75. The van der Waals surface area contributed by atoms with Crippen molar-refractivity contribution >= 4 is 11.8 Å². The van der Waals surface area contributed by atoms with Gasteiger partial charge < -0.3 is 15.1 Å². The highest BCUT2D eigenvalue weighted by atomic mass is 16.4. The van der Waals surface area contributed by atoms with Crippen LogP contribution in [0.2, 0.25) is 0 Å². The molecule has 1 aromatic rings. The van der Waals surface area contributed by atoms with E-state index in [1.54, 1.807) is 12.1 Å². The number of hydrogen-bond acceptors (Lipinski definition) is 4. The fraction of sp³-hybridized carbons (Fsp3) is 0.600. The van der Waals surface area contributed by atoms with Crippen molar-refractivity contribution in [3.8, 4) is 0 Å². The van der Waals surface area contributed by atoms with Crippen LogP contribution in [-0.4, -0.2) is 40.4 Å². The summed E-state index contributed by atoms with van der Waals surface area (Å²) in [6, 6.07) is 3.32. The van der Waals surface area contributed by atoms with E-state index in [1.807, 2.05) is 6.92 Å². The van der Waals surface area contributed by atoms with Crippen molar-refractivity contribution in [3.63, 3.8) is 0 Å². The van der Waals surface area contributed by atoms with Crippen LogP contribution in [-0.2, 0) is 6.42 Å². The van der Waals surface area contributed by atoms with Crippen LogP contribution in [0.4, 0.5) is 5.82 Å². The Morgan fingerprint density at radius 1 is 1.45 bits per heavy atom. The molecule has 1 atom stereocenters. The number of aromatic carboxylic acids is 1. The van der Waals surface area contributed by atoms with Crippen LogP contribution in [0.25, 0.3) is 0 Å². The maximum atomic E-state index is 11.2. The van der Waals surface area contributed by atoms with Gasteiger partial charge in [-0.15, -0.1) is 0 Å². The van der Waals surface area contributed by atoms with Crippen molar-refractivity contribution < 1.29 is 15.0 Å². The second-order valence-electron chi connectivity index (χ2n) is 5.29. The summed E-state index contributed by atoms with van der Waals surface area (Å²) in [5, 5.41) is 18.7. The molecule has 1 aliphatic rings. The number of aryl methyl sites for hydroxylation is 1. The molecule has 5 nitrogen and oxygen atoms in total. The van der Waals surface area contributed by atoms with Gasteiger partial charge in [0.25, 0.3) is 0 Å². The Bertz CT molecular complexity index is 476. The van der Waals surface area contributed by atoms with Gasteiger partial charge in [0.1, 0.15) is 5.82 Å². The number of carbonyl (C=O) groups is 1. The van der Waals surface area contributed by atoms with Crippen LogP contribution in [0.5, 0.6) is 0 Å². The fourth-order valence-electron chi connectivity index (χ4n) is 2.72.